The highest BCUT2D eigenvalue weighted by Gasteiger charge is 2.12. The molecule has 0 saturated heterocycles. The van der Waals surface area contributed by atoms with Crippen molar-refractivity contribution in [2.45, 2.75) is 26.2 Å². The third kappa shape index (κ3) is 3.26. The fourth-order valence-corrected chi connectivity index (χ4v) is 2.01. The summed E-state index contributed by atoms with van der Waals surface area (Å²) in [7, 11) is 1.35. The van der Waals surface area contributed by atoms with Crippen molar-refractivity contribution < 1.29 is 14.3 Å². The van der Waals surface area contributed by atoms with Gasteiger partial charge in [-0.2, -0.15) is 0 Å². The number of carbonyl (C=O) groups excluding carboxylic acids is 1. The Hall–Kier alpha value is -2.10. The Morgan fingerprint density at radius 3 is 2.80 bits per heavy atom. The first-order valence-corrected chi connectivity index (χ1v) is 6.87. The second-order valence-corrected chi connectivity index (χ2v) is 4.57. The molecule has 0 aliphatic rings. The summed E-state index contributed by atoms with van der Waals surface area (Å²) in [6.07, 6.45) is 3.28. The molecule has 0 atom stereocenters. The van der Waals surface area contributed by atoms with Gasteiger partial charge in [0.15, 0.2) is 5.69 Å². The highest BCUT2D eigenvalue weighted by Crippen LogP contribution is 2.26. The molecule has 0 aliphatic carbocycles. The van der Waals surface area contributed by atoms with Crippen molar-refractivity contribution in [2.24, 2.45) is 0 Å². The van der Waals surface area contributed by atoms with E-state index in [2.05, 4.69) is 11.9 Å². The molecular formula is C16H19NO3. The Labute approximate surface area is 118 Å². The Bertz CT molecular complexity index is 595. The van der Waals surface area contributed by atoms with E-state index in [0.29, 0.717) is 12.4 Å². The average Bonchev–Trinajstić information content (AvgIpc) is 2.50. The van der Waals surface area contributed by atoms with Gasteiger partial charge in [0.1, 0.15) is 5.75 Å². The SMILES string of the molecule is CCCCCOc1cc(C(=O)OC)nc2ccccc12. The van der Waals surface area contributed by atoms with Gasteiger partial charge >= 0.3 is 5.97 Å². The zero-order valence-electron chi connectivity index (χ0n) is 11.9. The number of para-hydroxylation sites is 1. The van der Waals surface area contributed by atoms with Gasteiger partial charge in [0.05, 0.1) is 19.2 Å². The lowest BCUT2D eigenvalue weighted by molar-refractivity contribution is 0.0594. The van der Waals surface area contributed by atoms with Gasteiger partial charge < -0.3 is 9.47 Å². The summed E-state index contributed by atoms with van der Waals surface area (Å²) in [4.78, 5) is 15.9. The number of pyridine rings is 1. The molecule has 0 saturated carbocycles. The molecule has 4 heteroatoms. The van der Waals surface area contributed by atoms with E-state index < -0.39 is 5.97 Å². The zero-order valence-corrected chi connectivity index (χ0v) is 11.9. The summed E-state index contributed by atoms with van der Waals surface area (Å²) >= 11 is 0. The molecule has 0 bridgehead atoms. The molecule has 0 amide bonds. The molecule has 2 rings (SSSR count). The maximum Gasteiger partial charge on any atom is 0.356 e. The van der Waals surface area contributed by atoms with Crippen molar-refractivity contribution in [1.29, 1.82) is 0 Å². The molecule has 4 nitrogen and oxygen atoms in total. The van der Waals surface area contributed by atoms with Crippen LogP contribution in [0.4, 0.5) is 0 Å². The van der Waals surface area contributed by atoms with Gasteiger partial charge in [-0.3, -0.25) is 0 Å². The monoisotopic (exact) mass is 273 g/mol. The number of hydrogen-bond donors (Lipinski definition) is 0. The van der Waals surface area contributed by atoms with Crippen molar-refractivity contribution in [3.05, 3.63) is 36.0 Å². The number of benzene rings is 1. The van der Waals surface area contributed by atoms with E-state index in [1.165, 1.54) is 7.11 Å². The lowest BCUT2D eigenvalue weighted by atomic mass is 10.2. The number of hydrogen-bond acceptors (Lipinski definition) is 4. The van der Waals surface area contributed by atoms with E-state index in [-0.39, 0.29) is 5.69 Å². The molecule has 1 aromatic carbocycles. The quantitative estimate of drug-likeness (QED) is 0.596. The van der Waals surface area contributed by atoms with Crippen LogP contribution in [0.15, 0.2) is 30.3 Å². The normalized spacial score (nSPS) is 10.5. The summed E-state index contributed by atoms with van der Waals surface area (Å²) in [5.74, 6) is 0.237. The first-order valence-electron chi connectivity index (χ1n) is 6.87. The molecule has 106 valence electrons. The van der Waals surface area contributed by atoms with Gasteiger partial charge in [0, 0.05) is 11.5 Å². The highest BCUT2D eigenvalue weighted by atomic mass is 16.5. The molecule has 0 N–H and O–H groups in total. The smallest absolute Gasteiger partial charge is 0.356 e. The summed E-state index contributed by atoms with van der Waals surface area (Å²) in [6.45, 7) is 2.79. The summed E-state index contributed by atoms with van der Waals surface area (Å²) in [6, 6.07) is 9.28. The predicted molar refractivity (Wildman–Crippen MR) is 78.1 cm³/mol. The Balaban J connectivity index is 2.31. The third-order valence-electron chi connectivity index (χ3n) is 3.08. The van der Waals surface area contributed by atoms with Gasteiger partial charge in [-0.1, -0.05) is 31.9 Å². The Morgan fingerprint density at radius 2 is 2.05 bits per heavy atom. The third-order valence-corrected chi connectivity index (χ3v) is 3.08. The van der Waals surface area contributed by atoms with E-state index in [1.54, 1.807) is 6.07 Å². The minimum absolute atomic E-state index is 0.275. The van der Waals surface area contributed by atoms with Crippen LogP contribution >= 0.6 is 0 Å². The Kier molecular flexibility index (Phi) is 4.93. The van der Waals surface area contributed by atoms with Crippen LogP contribution in [-0.4, -0.2) is 24.7 Å². The minimum atomic E-state index is -0.450. The van der Waals surface area contributed by atoms with Crippen molar-refractivity contribution >= 4 is 16.9 Å². The van der Waals surface area contributed by atoms with Crippen LogP contribution in [0.3, 0.4) is 0 Å². The van der Waals surface area contributed by atoms with Crippen LogP contribution in [0.25, 0.3) is 10.9 Å². The largest absolute Gasteiger partial charge is 0.493 e. The van der Waals surface area contributed by atoms with Gasteiger partial charge in [-0.25, -0.2) is 9.78 Å². The number of fused-ring (bicyclic) bond motifs is 1. The number of carbonyl (C=O) groups is 1. The summed E-state index contributed by atoms with van der Waals surface area (Å²) < 4.78 is 10.5. The maximum absolute atomic E-state index is 11.6. The van der Waals surface area contributed by atoms with E-state index in [0.717, 1.165) is 30.2 Å². The number of ether oxygens (including phenoxy) is 2. The molecular weight excluding hydrogens is 254 g/mol. The van der Waals surface area contributed by atoms with E-state index >= 15 is 0 Å². The number of rotatable bonds is 6. The van der Waals surface area contributed by atoms with Gasteiger partial charge in [-0.05, 0) is 18.6 Å². The first-order chi connectivity index (χ1) is 9.76. The van der Waals surface area contributed by atoms with Crippen LogP contribution in [0.2, 0.25) is 0 Å². The molecule has 0 fully saturated rings. The zero-order chi connectivity index (χ0) is 14.4. The molecule has 1 aromatic heterocycles. The lowest BCUT2D eigenvalue weighted by Gasteiger charge is -2.10. The fraction of sp³-hybridized carbons (Fsp3) is 0.375. The van der Waals surface area contributed by atoms with Gasteiger partial charge in [-0.15, -0.1) is 0 Å². The molecule has 20 heavy (non-hydrogen) atoms. The van der Waals surface area contributed by atoms with Crippen LogP contribution < -0.4 is 4.74 Å². The topological polar surface area (TPSA) is 48.4 Å². The molecule has 0 radical (unpaired) electrons. The van der Waals surface area contributed by atoms with Crippen molar-refractivity contribution in [2.75, 3.05) is 13.7 Å². The van der Waals surface area contributed by atoms with Crippen LogP contribution in [0.5, 0.6) is 5.75 Å². The average molecular weight is 273 g/mol. The molecule has 0 spiro atoms. The van der Waals surface area contributed by atoms with Crippen molar-refractivity contribution in [3.63, 3.8) is 0 Å². The predicted octanol–water partition coefficient (Wildman–Crippen LogP) is 3.59. The number of esters is 1. The molecule has 2 aromatic rings. The maximum atomic E-state index is 11.6. The summed E-state index contributed by atoms with van der Waals surface area (Å²) in [5, 5.41) is 0.914. The van der Waals surface area contributed by atoms with Crippen LogP contribution in [0.1, 0.15) is 36.7 Å². The van der Waals surface area contributed by atoms with E-state index in [9.17, 15) is 4.79 Å². The fourth-order valence-electron chi connectivity index (χ4n) is 2.01. The number of nitrogens with zero attached hydrogens (tertiary/aromatic N) is 1. The highest BCUT2D eigenvalue weighted by molar-refractivity contribution is 5.93. The minimum Gasteiger partial charge on any atom is -0.493 e. The second-order valence-electron chi connectivity index (χ2n) is 4.57. The molecule has 0 unspecified atom stereocenters. The number of methoxy groups -OCH3 is 1. The number of aromatic nitrogens is 1. The van der Waals surface area contributed by atoms with Crippen LogP contribution in [0, 0.1) is 0 Å². The summed E-state index contributed by atoms with van der Waals surface area (Å²) in [5.41, 5.74) is 1.01. The molecule has 0 aliphatic heterocycles. The van der Waals surface area contributed by atoms with E-state index in [4.69, 9.17) is 9.47 Å². The second kappa shape index (κ2) is 6.89. The van der Waals surface area contributed by atoms with Crippen molar-refractivity contribution in [3.8, 4) is 5.75 Å². The first kappa shape index (κ1) is 14.3. The standard InChI is InChI=1S/C16H19NO3/c1-3-4-7-10-20-15-11-14(16(18)19-2)17-13-9-6-5-8-12(13)15/h5-6,8-9,11H,3-4,7,10H2,1-2H3. The Morgan fingerprint density at radius 1 is 1.25 bits per heavy atom. The van der Waals surface area contributed by atoms with E-state index in [1.807, 2.05) is 24.3 Å². The van der Waals surface area contributed by atoms with Crippen molar-refractivity contribution in [1.82, 2.24) is 4.98 Å². The lowest BCUT2D eigenvalue weighted by Crippen LogP contribution is -2.06. The molecule has 1 heterocycles. The van der Waals surface area contributed by atoms with Gasteiger partial charge in [0.2, 0.25) is 0 Å². The van der Waals surface area contributed by atoms with Gasteiger partial charge in [0.25, 0.3) is 0 Å². The van der Waals surface area contributed by atoms with Crippen LogP contribution in [-0.2, 0) is 4.74 Å². The number of unbranched alkanes of at least 4 members (excludes halogenated alkanes) is 2.